The standard InChI is InChI=1S/C71H96N20O17S2/c1-4-15-46(82-56(93)32-79-71(107)108-34-44-42-20-9-7-18-40(42)41-19-8-10-21-43(41)44)61(99)90-54(36-110)66(104)88-52(33-92)65(103)87-51(31-57(94)95)68(106)91-28-14-25-55(91)67(105)85-49(24-13-27-78-70(75)76)62(100)83-47(16-5-2)60(98)80-37(3)59(97)86-50(30-39-29-38-17-6-11-22-45(38)81-39)64(102)84-48(23-12-26-77-69(73)74)63(101)89-53(35-109)58(72)96/h4-11,17-22,29,37,44,46-55,81,92,109-110H,1-2,12-16,23-28,30-36H2,3H3,(H2,72,96)(H,79,107)(H,80,98)(H,82,93)(H,83,100)(H,84,102)(H,85,105)(H,86,97)(H,87,103)(H,88,104)(H,89,101)(H,90,99)(H,94,95)(H4,73,74,77)(H4,75,76,78)/t37-,46-,47-,48-,49-,50-,51-,52-,53-,54-,55?/m0/s1. The van der Waals surface area contributed by atoms with Crippen LogP contribution in [0.15, 0.2) is 104 Å². The SMILES string of the molecule is C=CC[C@H](NC(=O)CNC(=O)OCC1c2ccccc2-c2ccccc21)C(=O)N[C@@H](CS)C(=O)N[C@@H](CO)C(=O)N[C@@H](CC(=O)O)C(=O)N1CCCC1C(=O)N[C@@H](CCCNC(=N)N)C(=O)N[C@@H](CC=C)C(=O)N[C@@H](C)C(=O)N[C@@H](Cc1cc2ccccc2[nH]1)C(=O)N[C@@H](CCCNC(=N)N)C(=O)N[C@@H](CS)C(N)=O. The number of carboxylic acids is 1. The number of aromatic nitrogens is 1. The van der Waals surface area contributed by atoms with E-state index in [2.05, 4.69) is 113 Å². The summed E-state index contributed by atoms with van der Waals surface area (Å²) in [5, 5.41) is 68.4. The number of carbonyl (C=O) groups excluding carboxylic acids is 13. The van der Waals surface area contributed by atoms with Crippen LogP contribution in [0.2, 0.25) is 0 Å². The maximum absolute atomic E-state index is 14.4. The lowest BCUT2D eigenvalue weighted by atomic mass is 9.98. The fourth-order valence-corrected chi connectivity index (χ4v) is 12.7. The molecule has 594 valence electrons. The van der Waals surface area contributed by atoms with Crippen molar-refractivity contribution in [1.29, 1.82) is 10.8 Å². The van der Waals surface area contributed by atoms with Crippen LogP contribution in [-0.2, 0) is 73.5 Å². The van der Waals surface area contributed by atoms with Gasteiger partial charge in [-0.15, -0.1) is 13.2 Å². The number of alkyl carbamates (subject to hydrolysis) is 1. The maximum Gasteiger partial charge on any atom is 0.407 e. The molecule has 1 unspecified atom stereocenters. The number of ether oxygens (including phenoxy) is 1. The fourth-order valence-electron chi connectivity index (χ4n) is 12.2. The Balaban J connectivity index is 1.08. The number of carbonyl (C=O) groups is 14. The Hall–Kier alpha value is -11.7. The quantitative estimate of drug-likeness (QED) is 0.00675. The van der Waals surface area contributed by atoms with Crippen molar-refractivity contribution in [3.8, 4) is 11.1 Å². The molecular formula is C71H96N20O17S2. The molecule has 1 aliphatic carbocycles. The lowest BCUT2D eigenvalue weighted by molar-refractivity contribution is -0.146. The Morgan fingerprint density at radius 1 is 0.600 bits per heavy atom. The fraction of sp³-hybridized carbons (Fsp3) is 0.437. The zero-order valence-electron chi connectivity index (χ0n) is 60.3. The van der Waals surface area contributed by atoms with E-state index in [1.165, 1.54) is 19.1 Å². The second-order valence-electron chi connectivity index (χ2n) is 25.9. The average molecular weight is 1570 g/mol. The minimum absolute atomic E-state index is 0.00402. The molecule has 1 aromatic heterocycles. The van der Waals surface area contributed by atoms with Gasteiger partial charge in [0.2, 0.25) is 70.9 Å². The van der Waals surface area contributed by atoms with Crippen LogP contribution in [0.4, 0.5) is 4.79 Å². The molecule has 24 N–H and O–H groups in total. The molecule has 0 bridgehead atoms. The van der Waals surface area contributed by atoms with Gasteiger partial charge in [0.15, 0.2) is 11.9 Å². The first kappa shape index (κ1) is 87.2. The van der Waals surface area contributed by atoms with Gasteiger partial charge in [0, 0.05) is 54.7 Å². The van der Waals surface area contributed by atoms with Gasteiger partial charge >= 0.3 is 12.1 Å². The third-order valence-electron chi connectivity index (χ3n) is 17.8. The molecule has 3 aromatic carbocycles. The molecule has 2 heterocycles. The number of nitrogens with two attached hydrogens (primary N) is 3. The first-order valence-corrected chi connectivity index (χ1v) is 36.5. The number of carboxylic acid groups (broad SMARTS) is 1. The number of aliphatic carboxylic acids is 1. The molecular weight excluding hydrogens is 1470 g/mol. The first-order chi connectivity index (χ1) is 52.5. The van der Waals surface area contributed by atoms with Gasteiger partial charge in [-0.25, -0.2) is 4.79 Å². The smallest absolute Gasteiger partial charge is 0.407 e. The Morgan fingerprint density at radius 3 is 1.65 bits per heavy atom. The molecule has 1 fully saturated rings. The molecule has 110 heavy (non-hydrogen) atoms. The maximum atomic E-state index is 14.4. The van der Waals surface area contributed by atoms with Gasteiger partial charge in [0.25, 0.3) is 0 Å². The molecule has 37 nitrogen and oxygen atoms in total. The Bertz CT molecular complexity index is 3970. The number of nitrogens with one attached hydrogen (secondary N) is 16. The topological polar surface area (TPSA) is 590 Å². The molecule has 6 rings (SSSR count). The molecule has 2 aliphatic rings. The van der Waals surface area contributed by atoms with E-state index in [0.717, 1.165) is 32.5 Å². The minimum atomic E-state index is -1.95. The molecule has 39 heteroatoms. The molecule has 4 aromatic rings. The lowest BCUT2D eigenvalue weighted by Gasteiger charge is -2.30. The van der Waals surface area contributed by atoms with E-state index >= 15 is 0 Å². The van der Waals surface area contributed by atoms with Crippen molar-refractivity contribution in [1.82, 2.24) is 79.0 Å². The molecule has 11 atom stereocenters. The summed E-state index contributed by atoms with van der Waals surface area (Å²) in [5.74, 6) is -14.9. The van der Waals surface area contributed by atoms with E-state index in [1.54, 1.807) is 30.3 Å². The number of aromatic amines is 1. The van der Waals surface area contributed by atoms with E-state index in [0.29, 0.717) is 11.2 Å². The third-order valence-corrected chi connectivity index (χ3v) is 18.5. The number of para-hydroxylation sites is 1. The van der Waals surface area contributed by atoms with Crippen LogP contribution >= 0.6 is 25.3 Å². The monoisotopic (exact) mass is 1560 g/mol. The Labute approximate surface area is 643 Å². The predicted molar refractivity (Wildman–Crippen MR) is 409 cm³/mol. The van der Waals surface area contributed by atoms with Gasteiger partial charge < -0.3 is 111 Å². The predicted octanol–water partition coefficient (Wildman–Crippen LogP) is -3.40. The number of benzene rings is 3. The highest BCUT2D eigenvalue weighted by Gasteiger charge is 2.42. The van der Waals surface area contributed by atoms with Crippen LogP contribution in [-0.4, -0.2) is 232 Å². The van der Waals surface area contributed by atoms with E-state index in [4.69, 9.17) is 32.8 Å². The normalized spacial score (nSPS) is 15.5. The van der Waals surface area contributed by atoms with Gasteiger partial charge in [-0.2, -0.15) is 25.3 Å². The van der Waals surface area contributed by atoms with Gasteiger partial charge in [-0.3, -0.25) is 73.1 Å². The molecule has 1 saturated heterocycles. The largest absolute Gasteiger partial charge is 0.481 e. The van der Waals surface area contributed by atoms with Crippen LogP contribution in [0.3, 0.4) is 0 Å². The number of H-pyrrole nitrogens is 1. The summed E-state index contributed by atoms with van der Waals surface area (Å²) in [6.45, 7) is 6.72. The summed E-state index contributed by atoms with van der Waals surface area (Å²) >= 11 is 8.26. The average Bonchev–Trinajstić information content (AvgIpc) is 1.62. The number of aliphatic hydroxyl groups is 1. The molecule has 1 aliphatic heterocycles. The second kappa shape index (κ2) is 43.3. The van der Waals surface area contributed by atoms with Crippen molar-refractivity contribution in [2.45, 2.75) is 144 Å². The molecule has 0 spiro atoms. The van der Waals surface area contributed by atoms with Crippen LogP contribution in [0, 0.1) is 10.8 Å². The molecule has 0 saturated carbocycles. The lowest BCUT2D eigenvalue weighted by Crippen LogP contribution is -2.61. The van der Waals surface area contributed by atoms with Crippen molar-refractivity contribution in [2.24, 2.45) is 17.2 Å². The van der Waals surface area contributed by atoms with Gasteiger partial charge in [-0.1, -0.05) is 78.9 Å². The summed E-state index contributed by atoms with van der Waals surface area (Å²) in [7, 11) is 0. The number of fused-ring (bicyclic) bond motifs is 4. The number of guanidine groups is 2. The number of nitrogens with zero attached hydrogens (tertiary/aromatic N) is 1. The zero-order valence-corrected chi connectivity index (χ0v) is 62.1. The third kappa shape index (κ3) is 26.0. The zero-order chi connectivity index (χ0) is 80.7. The minimum Gasteiger partial charge on any atom is -0.481 e. The van der Waals surface area contributed by atoms with E-state index in [-0.39, 0.29) is 102 Å². The number of likely N-dealkylation sites (tertiary alicyclic amines) is 1. The Morgan fingerprint density at radius 2 is 1.08 bits per heavy atom. The Kier molecular flexibility index (Phi) is 34.3. The second-order valence-corrected chi connectivity index (χ2v) is 26.6. The van der Waals surface area contributed by atoms with E-state index in [1.807, 2.05) is 48.5 Å². The number of primary amides is 1. The van der Waals surface area contributed by atoms with Gasteiger partial charge in [-0.05, 0) is 98.1 Å². The number of thiol groups is 2. The van der Waals surface area contributed by atoms with Crippen LogP contribution in [0.25, 0.3) is 22.0 Å². The number of amides is 13. The van der Waals surface area contributed by atoms with Crippen LogP contribution in [0.5, 0.6) is 0 Å². The highest BCUT2D eigenvalue weighted by molar-refractivity contribution is 7.80. The van der Waals surface area contributed by atoms with Crippen molar-refractivity contribution in [2.75, 3.05) is 50.9 Å². The summed E-state index contributed by atoms with van der Waals surface area (Å²) in [5.41, 5.74) is 21.5. The van der Waals surface area contributed by atoms with E-state index in [9.17, 15) is 77.3 Å². The molecule has 0 radical (unpaired) electrons. The van der Waals surface area contributed by atoms with Crippen molar-refractivity contribution in [3.05, 3.63) is 121 Å². The summed E-state index contributed by atoms with van der Waals surface area (Å²) in [4.78, 5) is 195. The van der Waals surface area contributed by atoms with Crippen molar-refractivity contribution in [3.63, 3.8) is 0 Å². The van der Waals surface area contributed by atoms with Crippen LogP contribution in [0.1, 0.15) is 87.4 Å². The number of rotatable bonds is 44. The van der Waals surface area contributed by atoms with Crippen molar-refractivity contribution < 1.29 is 82.1 Å². The van der Waals surface area contributed by atoms with Crippen LogP contribution < -0.4 is 86.3 Å². The number of aliphatic hydroxyl groups excluding tert-OH is 1. The highest BCUT2D eigenvalue weighted by atomic mass is 32.1. The highest BCUT2D eigenvalue weighted by Crippen LogP contribution is 2.44. The molecule has 13 amide bonds. The van der Waals surface area contributed by atoms with Gasteiger partial charge in [0.1, 0.15) is 79.6 Å². The van der Waals surface area contributed by atoms with Gasteiger partial charge in [0.05, 0.1) is 13.0 Å². The van der Waals surface area contributed by atoms with Crippen molar-refractivity contribution >= 4 is 131 Å². The summed E-state index contributed by atoms with van der Waals surface area (Å²) in [6.07, 6.45) is 0.0196. The number of hydrogen-bond acceptors (Lipinski definition) is 20. The summed E-state index contributed by atoms with van der Waals surface area (Å²) < 4.78 is 5.50. The summed E-state index contributed by atoms with van der Waals surface area (Å²) in [6, 6.07) is 7.62. The van der Waals surface area contributed by atoms with E-state index < -0.39 is 181 Å². The number of hydrogen-bond donors (Lipinski definition) is 23. The first-order valence-electron chi connectivity index (χ1n) is 35.2.